The van der Waals surface area contributed by atoms with E-state index in [1.165, 1.54) is 6.07 Å². The molecule has 25 heavy (non-hydrogen) atoms. The third kappa shape index (κ3) is 4.96. The van der Waals surface area contributed by atoms with E-state index in [4.69, 9.17) is 11.6 Å². The van der Waals surface area contributed by atoms with Crippen molar-refractivity contribution in [2.24, 2.45) is 7.05 Å². The molecule has 9 heteroatoms. The van der Waals surface area contributed by atoms with Gasteiger partial charge in [-0.05, 0) is 32.2 Å². The average molecular weight is 375 g/mol. The van der Waals surface area contributed by atoms with Gasteiger partial charge in [0, 0.05) is 30.4 Å². The van der Waals surface area contributed by atoms with Gasteiger partial charge in [-0.3, -0.25) is 14.4 Å². The highest BCUT2D eigenvalue weighted by atomic mass is 35.5. The van der Waals surface area contributed by atoms with Crippen LogP contribution < -0.4 is 5.32 Å². The summed E-state index contributed by atoms with van der Waals surface area (Å²) in [5.41, 5.74) is -0.397. The molecule has 0 aliphatic carbocycles. The number of carbonyl (C=O) groups excluding carboxylic acids is 1. The van der Waals surface area contributed by atoms with E-state index >= 15 is 0 Å². The number of amides is 1. The number of hydrogen-bond donors (Lipinski definition) is 1. The van der Waals surface area contributed by atoms with E-state index in [0.717, 1.165) is 17.7 Å². The number of nitrogens with zero attached hydrogens (tertiary/aromatic N) is 3. The first-order valence-corrected chi connectivity index (χ1v) is 7.81. The summed E-state index contributed by atoms with van der Waals surface area (Å²) in [4.78, 5) is 14.1. The highest BCUT2D eigenvalue weighted by molar-refractivity contribution is 6.30. The molecule has 0 saturated carbocycles. The van der Waals surface area contributed by atoms with Crippen molar-refractivity contribution >= 4 is 23.2 Å². The van der Waals surface area contributed by atoms with Crippen LogP contribution in [0.3, 0.4) is 0 Å². The van der Waals surface area contributed by atoms with Crippen molar-refractivity contribution in [3.8, 4) is 0 Å². The van der Waals surface area contributed by atoms with E-state index in [9.17, 15) is 18.0 Å². The van der Waals surface area contributed by atoms with E-state index in [1.807, 2.05) is 6.20 Å². The summed E-state index contributed by atoms with van der Waals surface area (Å²) in [6.45, 7) is 2.06. The second-order valence-electron chi connectivity index (χ2n) is 5.79. The van der Waals surface area contributed by atoms with Crippen molar-refractivity contribution in [2.75, 3.05) is 12.4 Å². The van der Waals surface area contributed by atoms with Crippen molar-refractivity contribution in [1.82, 2.24) is 14.7 Å². The summed E-state index contributed by atoms with van der Waals surface area (Å²) in [5.74, 6) is -0.542. The fourth-order valence-corrected chi connectivity index (χ4v) is 2.45. The van der Waals surface area contributed by atoms with E-state index in [-0.39, 0.29) is 10.7 Å². The van der Waals surface area contributed by atoms with Crippen LogP contribution in [0.1, 0.15) is 18.1 Å². The third-order valence-electron chi connectivity index (χ3n) is 3.78. The van der Waals surface area contributed by atoms with Crippen LogP contribution in [-0.4, -0.2) is 33.7 Å². The molecule has 1 aromatic carbocycles. The van der Waals surface area contributed by atoms with E-state index in [1.54, 1.807) is 36.8 Å². The predicted molar refractivity (Wildman–Crippen MR) is 89.2 cm³/mol. The van der Waals surface area contributed by atoms with Crippen LogP contribution in [0.5, 0.6) is 0 Å². The molecule has 1 heterocycles. The van der Waals surface area contributed by atoms with E-state index < -0.39 is 23.7 Å². The lowest BCUT2D eigenvalue weighted by Crippen LogP contribution is -2.39. The zero-order chi connectivity index (χ0) is 18.8. The Bertz CT molecular complexity index is 760. The molecule has 1 amide bonds. The van der Waals surface area contributed by atoms with Gasteiger partial charge in [-0.25, -0.2) is 0 Å². The normalized spacial score (nSPS) is 13.1. The molecular formula is C16H18ClF3N4O. The highest BCUT2D eigenvalue weighted by Crippen LogP contribution is 2.36. The molecule has 1 N–H and O–H groups in total. The fourth-order valence-electron chi connectivity index (χ4n) is 2.28. The highest BCUT2D eigenvalue weighted by Gasteiger charge is 2.34. The standard InChI is InChI=1S/C16H18ClF3N4O/c1-10(23(2)8-11-7-21-24(3)9-11)15(25)22-14-5-4-12(17)6-13(14)16(18,19)20/h4-7,9-10H,8H2,1-3H3,(H,22,25)/t10-/m1/s1. The lowest BCUT2D eigenvalue weighted by molar-refractivity contribution is -0.137. The molecular weight excluding hydrogens is 357 g/mol. The number of aryl methyl sites for hydroxylation is 1. The van der Waals surface area contributed by atoms with Crippen LogP contribution in [0, 0.1) is 0 Å². The van der Waals surface area contributed by atoms with Crippen molar-refractivity contribution < 1.29 is 18.0 Å². The molecule has 0 radical (unpaired) electrons. The molecule has 0 unspecified atom stereocenters. The molecule has 0 saturated heterocycles. The first-order valence-electron chi connectivity index (χ1n) is 7.43. The number of rotatable bonds is 5. The van der Waals surface area contributed by atoms with Crippen molar-refractivity contribution in [2.45, 2.75) is 25.7 Å². The van der Waals surface area contributed by atoms with Gasteiger partial charge in [-0.15, -0.1) is 0 Å². The zero-order valence-corrected chi connectivity index (χ0v) is 14.7. The second-order valence-corrected chi connectivity index (χ2v) is 6.23. The molecule has 1 aromatic heterocycles. The molecule has 0 fully saturated rings. The largest absolute Gasteiger partial charge is 0.418 e. The molecule has 0 bridgehead atoms. The topological polar surface area (TPSA) is 50.2 Å². The van der Waals surface area contributed by atoms with Gasteiger partial charge in [0.25, 0.3) is 0 Å². The number of likely N-dealkylation sites (N-methyl/N-ethyl adjacent to an activating group) is 1. The second kappa shape index (κ2) is 7.45. The van der Waals surface area contributed by atoms with Crippen LogP contribution in [0.25, 0.3) is 0 Å². The summed E-state index contributed by atoms with van der Waals surface area (Å²) in [6, 6.07) is 2.60. The number of carbonyl (C=O) groups is 1. The number of benzene rings is 1. The maximum Gasteiger partial charge on any atom is 0.418 e. The first kappa shape index (κ1) is 19.3. The van der Waals surface area contributed by atoms with Crippen LogP contribution >= 0.6 is 11.6 Å². The number of nitrogens with one attached hydrogen (secondary N) is 1. The number of anilines is 1. The zero-order valence-electron chi connectivity index (χ0n) is 13.9. The third-order valence-corrected chi connectivity index (χ3v) is 4.01. The molecule has 1 atom stereocenters. The predicted octanol–water partition coefficient (Wildman–Crippen LogP) is 3.55. The Hall–Kier alpha value is -2.06. The lowest BCUT2D eigenvalue weighted by atomic mass is 10.1. The number of alkyl halides is 3. The smallest absolute Gasteiger partial charge is 0.324 e. The van der Waals surface area contributed by atoms with Gasteiger partial charge in [-0.1, -0.05) is 11.6 Å². The van der Waals surface area contributed by atoms with Crippen LogP contribution in [0.4, 0.5) is 18.9 Å². The molecule has 0 spiro atoms. The SMILES string of the molecule is C[C@H](C(=O)Nc1ccc(Cl)cc1C(F)(F)F)N(C)Cc1cnn(C)c1. The fraction of sp³-hybridized carbons (Fsp3) is 0.375. The molecule has 5 nitrogen and oxygen atoms in total. The Labute approximate surface area is 148 Å². The van der Waals surface area contributed by atoms with Crippen LogP contribution in [-0.2, 0) is 24.6 Å². The Balaban J connectivity index is 2.11. The summed E-state index contributed by atoms with van der Waals surface area (Å²) in [6.07, 6.45) is -1.14. The Morgan fingerprint density at radius 2 is 2.12 bits per heavy atom. The van der Waals surface area contributed by atoms with Gasteiger partial charge < -0.3 is 5.32 Å². The minimum Gasteiger partial charge on any atom is -0.324 e. The van der Waals surface area contributed by atoms with Gasteiger partial charge in [0.2, 0.25) is 5.91 Å². The minimum absolute atomic E-state index is 0.0490. The monoisotopic (exact) mass is 374 g/mol. The van der Waals surface area contributed by atoms with E-state index in [2.05, 4.69) is 10.4 Å². The summed E-state index contributed by atoms with van der Waals surface area (Å²) < 4.78 is 40.9. The number of hydrogen-bond acceptors (Lipinski definition) is 3. The van der Waals surface area contributed by atoms with Crippen LogP contribution in [0.15, 0.2) is 30.6 Å². The summed E-state index contributed by atoms with van der Waals surface area (Å²) >= 11 is 5.64. The van der Waals surface area contributed by atoms with Crippen molar-refractivity contribution in [3.63, 3.8) is 0 Å². The van der Waals surface area contributed by atoms with Gasteiger partial charge >= 0.3 is 6.18 Å². The van der Waals surface area contributed by atoms with Gasteiger partial charge in [-0.2, -0.15) is 18.3 Å². The quantitative estimate of drug-likeness (QED) is 0.870. The van der Waals surface area contributed by atoms with Crippen LogP contribution in [0.2, 0.25) is 5.02 Å². The van der Waals surface area contributed by atoms with Crippen molar-refractivity contribution in [3.05, 3.63) is 46.7 Å². The molecule has 0 aliphatic rings. The maximum absolute atomic E-state index is 13.1. The Morgan fingerprint density at radius 1 is 1.44 bits per heavy atom. The Morgan fingerprint density at radius 3 is 2.68 bits per heavy atom. The van der Waals surface area contributed by atoms with Gasteiger partial charge in [0.1, 0.15) is 0 Å². The maximum atomic E-state index is 13.1. The number of halogens is 4. The molecule has 2 rings (SSSR count). The molecule has 136 valence electrons. The summed E-state index contributed by atoms with van der Waals surface area (Å²) in [5, 5.41) is 6.33. The average Bonchev–Trinajstić information content (AvgIpc) is 2.92. The minimum atomic E-state index is -4.61. The summed E-state index contributed by atoms with van der Waals surface area (Å²) in [7, 11) is 3.49. The molecule has 0 aliphatic heterocycles. The van der Waals surface area contributed by atoms with Crippen molar-refractivity contribution in [1.29, 1.82) is 0 Å². The lowest BCUT2D eigenvalue weighted by Gasteiger charge is -2.24. The first-order chi connectivity index (χ1) is 11.6. The number of aromatic nitrogens is 2. The van der Waals surface area contributed by atoms with Gasteiger partial charge in [0.15, 0.2) is 0 Å². The van der Waals surface area contributed by atoms with E-state index in [0.29, 0.717) is 6.54 Å². The van der Waals surface area contributed by atoms with Gasteiger partial charge in [0.05, 0.1) is 23.5 Å². The molecule has 2 aromatic rings. The Kier molecular flexibility index (Phi) is 5.74.